The first-order valence-electron chi connectivity index (χ1n) is 11.9. The molecule has 2 atom stereocenters. The van der Waals surface area contributed by atoms with E-state index in [9.17, 15) is 9.59 Å². The van der Waals surface area contributed by atoms with E-state index in [2.05, 4.69) is 15.6 Å². The van der Waals surface area contributed by atoms with Crippen LogP contribution in [0.25, 0.3) is 11.0 Å². The summed E-state index contributed by atoms with van der Waals surface area (Å²) in [6, 6.07) is 6.65. The predicted octanol–water partition coefficient (Wildman–Crippen LogP) is 3.33. The number of ether oxygens (including phenoxy) is 3. The molecule has 0 spiro atoms. The third-order valence-electron chi connectivity index (χ3n) is 5.49. The molecule has 4 rings (SSSR count). The molecule has 1 amide bonds. The fourth-order valence-corrected chi connectivity index (χ4v) is 3.49. The van der Waals surface area contributed by atoms with E-state index >= 15 is 0 Å². The molecule has 2 aliphatic rings. The molecule has 0 bridgehead atoms. The molecule has 1 aromatic heterocycles. The Morgan fingerprint density at radius 1 is 1.23 bits per heavy atom. The summed E-state index contributed by atoms with van der Waals surface area (Å²) in [7, 11) is 0. The number of allylic oxidation sites excluding steroid dienone is 1. The maximum absolute atomic E-state index is 12.7. The Morgan fingerprint density at radius 2 is 2.03 bits per heavy atom. The second kappa shape index (κ2) is 10.9. The van der Waals surface area contributed by atoms with E-state index in [1.54, 1.807) is 20.8 Å². The smallest absolute Gasteiger partial charge is 0.408 e. The highest BCUT2D eigenvalue weighted by atomic mass is 16.8. The molecule has 188 valence electrons. The number of hydrogen-bond donors (Lipinski definition) is 1. The monoisotopic (exact) mass is 484 g/mol. The highest BCUT2D eigenvalue weighted by Gasteiger charge is 2.29. The maximum atomic E-state index is 12.7. The largest absolute Gasteiger partial charge is 0.464 e. The van der Waals surface area contributed by atoms with Crippen molar-refractivity contribution in [3.63, 3.8) is 0 Å². The molecule has 0 aliphatic heterocycles. The van der Waals surface area contributed by atoms with Gasteiger partial charge in [0.15, 0.2) is 0 Å². The fraction of sp³-hybridized carbons (Fsp3) is 0.520. The van der Waals surface area contributed by atoms with Crippen molar-refractivity contribution in [1.82, 2.24) is 20.5 Å². The number of nitrogens with one attached hydrogen (secondary N) is 1. The lowest BCUT2D eigenvalue weighted by Gasteiger charge is -2.24. The fourth-order valence-electron chi connectivity index (χ4n) is 3.49. The van der Waals surface area contributed by atoms with Crippen LogP contribution in [0.4, 0.5) is 4.79 Å². The Kier molecular flexibility index (Phi) is 7.70. The minimum absolute atomic E-state index is 0.00184. The van der Waals surface area contributed by atoms with Crippen molar-refractivity contribution in [3.05, 3.63) is 48.1 Å². The van der Waals surface area contributed by atoms with Gasteiger partial charge in [-0.15, -0.1) is 5.10 Å². The number of carbonyl (C=O) groups excluding carboxylic acids is 2. The van der Waals surface area contributed by atoms with E-state index in [1.807, 2.05) is 42.5 Å². The van der Waals surface area contributed by atoms with Gasteiger partial charge in [-0.25, -0.2) is 9.59 Å². The number of alkyl carbamates (subject to hydrolysis) is 1. The van der Waals surface area contributed by atoms with Gasteiger partial charge in [0.05, 0.1) is 12.7 Å². The predicted molar refractivity (Wildman–Crippen MR) is 127 cm³/mol. The SMILES string of the molecule is CC(C)(C)OC(=O)N[C@H](CC1=CCC(OCOn2nnc3ccccc32)C=C1)C(=O)OCC1CC1. The van der Waals surface area contributed by atoms with Crippen LogP contribution in [0.3, 0.4) is 0 Å². The zero-order chi connectivity index (χ0) is 24.8. The molecule has 1 fully saturated rings. The zero-order valence-electron chi connectivity index (χ0n) is 20.3. The van der Waals surface area contributed by atoms with E-state index in [1.165, 1.54) is 4.85 Å². The van der Waals surface area contributed by atoms with Gasteiger partial charge in [-0.3, -0.25) is 0 Å². The van der Waals surface area contributed by atoms with Crippen LogP contribution in [0.2, 0.25) is 0 Å². The van der Waals surface area contributed by atoms with Crippen LogP contribution in [0.1, 0.15) is 46.5 Å². The van der Waals surface area contributed by atoms with Crippen LogP contribution < -0.4 is 10.2 Å². The van der Waals surface area contributed by atoms with Crippen LogP contribution in [0.15, 0.2) is 48.1 Å². The quantitative estimate of drug-likeness (QED) is 0.404. The van der Waals surface area contributed by atoms with Crippen LogP contribution in [0, 0.1) is 5.92 Å². The Balaban J connectivity index is 1.27. The van der Waals surface area contributed by atoms with E-state index in [0.29, 0.717) is 25.4 Å². The van der Waals surface area contributed by atoms with E-state index in [0.717, 1.165) is 29.4 Å². The highest BCUT2D eigenvalue weighted by Crippen LogP contribution is 2.29. The summed E-state index contributed by atoms with van der Waals surface area (Å²) in [5, 5.41) is 10.7. The summed E-state index contributed by atoms with van der Waals surface area (Å²) in [4.78, 5) is 31.9. The van der Waals surface area contributed by atoms with Gasteiger partial charge in [-0.05, 0) is 68.9 Å². The summed E-state index contributed by atoms with van der Waals surface area (Å²) >= 11 is 0. The van der Waals surface area contributed by atoms with Gasteiger partial charge in [0.2, 0.25) is 6.79 Å². The van der Waals surface area contributed by atoms with Crippen LogP contribution >= 0.6 is 0 Å². The first-order chi connectivity index (χ1) is 16.8. The topological polar surface area (TPSA) is 114 Å². The van der Waals surface area contributed by atoms with E-state index < -0.39 is 23.7 Å². The summed E-state index contributed by atoms with van der Waals surface area (Å²) in [5.41, 5.74) is 1.73. The average molecular weight is 485 g/mol. The number of rotatable bonds is 10. The Morgan fingerprint density at radius 3 is 2.74 bits per heavy atom. The van der Waals surface area contributed by atoms with Crippen LogP contribution in [-0.2, 0) is 19.0 Å². The molecule has 10 nitrogen and oxygen atoms in total. The number of nitrogens with zero attached hydrogens (tertiary/aromatic N) is 3. The molecule has 2 aliphatic carbocycles. The molecule has 1 saturated carbocycles. The van der Waals surface area contributed by atoms with Crippen molar-refractivity contribution in [2.24, 2.45) is 5.92 Å². The van der Waals surface area contributed by atoms with E-state index in [4.69, 9.17) is 19.0 Å². The van der Waals surface area contributed by atoms with Gasteiger partial charge in [-0.2, -0.15) is 0 Å². The van der Waals surface area contributed by atoms with Gasteiger partial charge in [0, 0.05) is 6.42 Å². The summed E-state index contributed by atoms with van der Waals surface area (Å²) in [6.45, 7) is 5.71. The Bertz CT molecular complexity index is 1100. The lowest BCUT2D eigenvalue weighted by Crippen LogP contribution is -2.44. The molecule has 1 aromatic carbocycles. The third-order valence-corrected chi connectivity index (χ3v) is 5.49. The average Bonchev–Trinajstić information content (AvgIpc) is 3.56. The number of aromatic nitrogens is 3. The zero-order valence-corrected chi connectivity index (χ0v) is 20.3. The molecular weight excluding hydrogens is 452 g/mol. The number of para-hydroxylation sites is 1. The van der Waals surface area contributed by atoms with Crippen LogP contribution in [-0.4, -0.2) is 58.4 Å². The highest BCUT2D eigenvalue weighted by molar-refractivity contribution is 5.82. The number of carbonyl (C=O) groups is 2. The van der Waals surface area contributed by atoms with Crippen molar-refractivity contribution in [1.29, 1.82) is 0 Å². The molecule has 1 unspecified atom stereocenters. The minimum Gasteiger partial charge on any atom is -0.464 e. The second-order valence-corrected chi connectivity index (χ2v) is 9.75. The second-order valence-electron chi connectivity index (χ2n) is 9.75. The van der Waals surface area contributed by atoms with Gasteiger partial charge in [0.25, 0.3) is 0 Å². The van der Waals surface area contributed by atoms with Gasteiger partial charge < -0.3 is 24.4 Å². The first-order valence-corrected chi connectivity index (χ1v) is 11.9. The summed E-state index contributed by atoms with van der Waals surface area (Å²) in [5.74, 6) is -0.0190. The first kappa shape index (κ1) is 24.7. The van der Waals surface area contributed by atoms with Crippen LogP contribution in [0.5, 0.6) is 0 Å². The summed E-state index contributed by atoms with van der Waals surface area (Å²) < 4.78 is 16.5. The Labute approximate surface area is 204 Å². The Hall–Kier alpha value is -3.40. The standard InChI is InChI=1S/C25H32N4O6/c1-25(2,3)35-24(31)26-21(23(30)32-15-18-8-9-18)14-17-10-12-19(13-11-17)33-16-34-29-22-7-5-4-6-20(22)27-28-29/h4-7,10-12,18-19,21H,8-9,13-16H2,1-3H3,(H,26,31)/t19?,21-/m1/s1. The van der Waals surface area contributed by atoms with Crippen molar-refractivity contribution >= 4 is 23.1 Å². The summed E-state index contributed by atoms with van der Waals surface area (Å²) in [6.07, 6.45) is 7.98. The lowest BCUT2D eigenvalue weighted by atomic mass is 9.99. The molecular formula is C25H32N4O6. The molecule has 10 heteroatoms. The molecule has 0 saturated heterocycles. The lowest BCUT2D eigenvalue weighted by molar-refractivity contribution is -0.146. The molecule has 0 radical (unpaired) electrons. The third kappa shape index (κ3) is 7.54. The number of esters is 1. The molecule has 1 N–H and O–H groups in total. The van der Waals surface area contributed by atoms with Gasteiger partial charge in [-0.1, -0.05) is 35.2 Å². The maximum Gasteiger partial charge on any atom is 0.408 e. The van der Waals surface area contributed by atoms with Crippen molar-refractivity contribution in [3.8, 4) is 0 Å². The number of hydrogen-bond acceptors (Lipinski definition) is 8. The van der Waals surface area contributed by atoms with Gasteiger partial charge >= 0.3 is 12.1 Å². The van der Waals surface area contributed by atoms with Gasteiger partial charge in [0.1, 0.15) is 22.7 Å². The number of fused-ring (bicyclic) bond motifs is 1. The molecule has 2 aromatic rings. The van der Waals surface area contributed by atoms with Crippen molar-refractivity contribution in [2.45, 2.75) is 64.2 Å². The number of benzene rings is 1. The minimum atomic E-state index is -0.833. The molecule has 1 heterocycles. The van der Waals surface area contributed by atoms with Crippen molar-refractivity contribution in [2.75, 3.05) is 13.4 Å². The van der Waals surface area contributed by atoms with E-state index in [-0.39, 0.29) is 12.9 Å². The molecule has 35 heavy (non-hydrogen) atoms. The number of amides is 1. The normalized spacial score (nSPS) is 18.6. The van der Waals surface area contributed by atoms with Crippen molar-refractivity contribution < 1.29 is 28.6 Å².